The van der Waals surface area contributed by atoms with Gasteiger partial charge >= 0.3 is 0 Å². The first-order valence-electron chi connectivity index (χ1n) is 4.18. The Balaban J connectivity index is 0.000000396. The van der Waals surface area contributed by atoms with Crippen molar-refractivity contribution in [3.63, 3.8) is 0 Å². The van der Waals surface area contributed by atoms with Gasteiger partial charge in [-0.3, -0.25) is 9.78 Å². The lowest BCUT2D eigenvalue weighted by Crippen LogP contribution is -2.32. The molecule has 0 atom stereocenters. The standard InChI is InChI=1S/C8H8N2O.CH5N/c11-8-6-2-1-4-9-7(6)3-5-10-8;1-2/h1-2,4H,3,5H2,(H,10,11);2H2,1H3. The number of hydrogen-bond donors (Lipinski definition) is 2. The van der Waals surface area contributed by atoms with Crippen LogP contribution in [0, 0.1) is 0 Å². The number of amides is 1. The molecule has 1 aromatic rings. The third-order valence-electron chi connectivity index (χ3n) is 1.78. The molecule has 1 amide bonds. The summed E-state index contributed by atoms with van der Waals surface area (Å²) in [5.41, 5.74) is 6.13. The van der Waals surface area contributed by atoms with E-state index in [4.69, 9.17) is 0 Å². The molecule has 0 unspecified atom stereocenters. The van der Waals surface area contributed by atoms with E-state index in [9.17, 15) is 4.79 Å². The normalized spacial score (nSPS) is 13.5. The van der Waals surface area contributed by atoms with Crippen LogP contribution in [0.25, 0.3) is 0 Å². The molecule has 0 spiro atoms. The maximum atomic E-state index is 11.1. The van der Waals surface area contributed by atoms with Crippen LogP contribution in [0.3, 0.4) is 0 Å². The second kappa shape index (κ2) is 4.57. The molecular formula is C9H13N3O. The Morgan fingerprint density at radius 3 is 3.00 bits per heavy atom. The summed E-state index contributed by atoms with van der Waals surface area (Å²) in [6.07, 6.45) is 2.57. The number of nitrogens with two attached hydrogens (primary N) is 1. The summed E-state index contributed by atoms with van der Waals surface area (Å²) < 4.78 is 0. The SMILES string of the molecule is CN.O=C1NCCc2ncccc21. The van der Waals surface area contributed by atoms with E-state index in [1.807, 2.05) is 0 Å². The molecule has 4 nitrogen and oxygen atoms in total. The van der Waals surface area contributed by atoms with E-state index in [1.54, 1.807) is 18.3 Å². The van der Waals surface area contributed by atoms with Crippen molar-refractivity contribution in [3.8, 4) is 0 Å². The van der Waals surface area contributed by atoms with Gasteiger partial charge in [0.1, 0.15) is 0 Å². The number of aromatic nitrogens is 1. The average molecular weight is 179 g/mol. The van der Waals surface area contributed by atoms with Gasteiger partial charge in [-0.15, -0.1) is 0 Å². The number of nitrogens with one attached hydrogen (secondary N) is 1. The molecule has 0 saturated heterocycles. The number of fused-ring (bicyclic) bond motifs is 1. The number of hydrogen-bond acceptors (Lipinski definition) is 3. The van der Waals surface area contributed by atoms with Crippen molar-refractivity contribution < 1.29 is 4.79 Å². The largest absolute Gasteiger partial charge is 0.352 e. The predicted molar refractivity (Wildman–Crippen MR) is 50.4 cm³/mol. The Hall–Kier alpha value is -1.42. The smallest absolute Gasteiger partial charge is 0.253 e. The molecule has 0 radical (unpaired) electrons. The lowest BCUT2D eigenvalue weighted by molar-refractivity contribution is 0.0945. The first-order valence-corrected chi connectivity index (χ1v) is 4.18. The summed E-state index contributed by atoms with van der Waals surface area (Å²) in [5.74, 6) is -0.000602. The lowest BCUT2D eigenvalue weighted by Gasteiger charge is -2.13. The third kappa shape index (κ3) is 2.03. The van der Waals surface area contributed by atoms with Crippen molar-refractivity contribution >= 4 is 5.91 Å². The number of nitrogens with zero attached hydrogens (tertiary/aromatic N) is 1. The Morgan fingerprint density at radius 1 is 1.54 bits per heavy atom. The molecule has 0 fully saturated rings. The zero-order chi connectivity index (χ0) is 9.68. The number of pyridine rings is 1. The van der Waals surface area contributed by atoms with Gasteiger partial charge in [-0.2, -0.15) is 0 Å². The van der Waals surface area contributed by atoms with Crippen molar-refractivity contribution in [3.05, 3.63) is 29.6 Å². The topological polar surface area (TPSA) is 68.0 Å². The fraction of sp³-hybridized carbons (Fsp3) is 0.333. The van der Waals surface area contributed by atoms with Gasteiger partial charge in [0.2, 0.25) is 0 Å². The Labute approximate surface area is 77.2 Å². The number of carbonyl (C=O) groups excluding carboxylic acids is 1. The average Bonchev–Trinajstić information content (AvgIpc) is 2.22. The van der Waals surface area contributed by atoms with Gasteiger partial charge in [0.15, 0.2) is 0 Å². The Kier molecular flexibility index (Phi) is 3.40. The molecule has 2 heterocycles. The summed E-state index contributed by atoms with van der Waals surface area (Å²) in [5, 5.41) is 2.76. The van der Waals surface area contributed by atoms with Crippen LogP contribution in [0.2, 0.25) is 0 Å². The highest BCUT2D eigenvalue weighted by Crippen LogP contribution is 2.08. The molecule has 1 aromatic heterocycles. The molecule has 13 heavy (non-hydrogen) atoms. The molecule has 2 rings (SSSR count). The molecule has 70 valence electrons. The van der Waals surface area contributed by atoms with Gasteiger partial charge in [0.25, 0.3) is 5.91 Å². The molecule has 0 saturated carbocycles. The van der Waals surface area contributed by atoms with E-state index in [2.05, 4.69) is 16.0 Å². The second-order valence-corrected chi connectivity index (χ2v) is 2.50. The first kappa shape index (κ1) is 9.67. The van der Waals surface area contributed by atoms with E-state index in [1.165, 1.54) is 7.05 Å². The summed E-state index contributed by atoms with van der Waals surface area (Å²) in [4.78, 5) is 15.2. The van der Waals surface area contributed by atoms with Crippen LogP contribution in [0.1, 0.15) is 16.1 Å². The predicted octanol–water partition coefficient (Wildman–Crippen LogP) is -0.0576. The molecule has 1 aliphatic heterocycles. The first-order chi connectivity index (χ1) is 6.38. The van der Waals surface area contributed by atoms with Crippen LogP contribution in [0.15, 0.2) is 18.3 Å². The number of carbonyl (C=O) groups is 1. The van der Waals surface area contributed by atoms with Crippen molar-refractivity contribution in [1.82, 2.24) is 10.3 Å². The third-order valence-corrected chi connectivity index (χ3v) is 1.78. The maximum Gasteiger partial charge on any atom is 0.253 e. The van der Waals surface area contributed by atoms with Gasteiger partial charge in [-0.25, -0.2) is 0 Å². The quantitative estimate of drug-likeness (QED) is 0.586. The van der Waals surface area contributed by atoms with Crippen LogP contribution in [-0.2, 0) is 6.42 Å². The van der Waals surface area contributed by atoms with Crippen LogP contribution in [0.4, 0.5) is 0 Å². The molecule has 0 aliphatic carbocycles. The van der Waals surface area contributed by atoms with Crippen LogP contribution < -0.4 is 11.1 Å². The van der Waals surface area contributed by atoms with Gasteiger partial charge in [-0.05, 0) is 19.2 Å². The highest BCUT2D eigenvalue weighted by molar-refractivity contribution is 5.96. The monoisotopic (exact) mass is 179 g/mol. The van der Waals surface area contributed by atoms with E-state index in [-0.39, 0.29) is 5.91 Å². The summed E-state index contributed by atoms with van der Waals surface area (Å²) in [7, 11) is 1.50. The minimum Gasteiger partial charge on any atom is -0.352 e. The molecule has 0 bridgehead atoms. The highest BCUT2D eigenvalue weighted by Gasteiger charge is 2.15. The summed E-state index contributed by atoms with van der Waals surface area (Å²) in [6.45, 7) is 0.711. The van der Waals surface area contributed by atoms with Crippen LogP contribution in [0.5, 0.6) is 0 Å². The van der Waals surface area contributed by atoms with Crippen LogP contribution in [-0.4, -0.2) is 24.5 Å². The van der Waals surface area contributed by atoms with Gasteiger partial charge in [-0.1, -0.05) is 0 Å². The van der Waals surface area contributed by atoms with Crippen molar-refractivity contribution in [2.24, 2.45) is 5.73 Å². The second-order valence-electron chi connectivity index (χ2n) is 2.50. The van der Waals surface area contributed by atoms with E-state index in [0.29, 0.717) is 6.54 Å². The number of rotatable bonds is 0. The fourth-order valence-electron chi connectivity index (χ4n) is 1.23. The maximum absolute atomic E-state index is 11.1. The van der Waals surface area contributed by atoms with Gasteiger partial charge in [0, 0.05) is 19.2 Å². The van der Waals surface area contributed by atoms with Crippen molar-refractivity contribution in [2.75, 3.05) is 13.6 Å². The molecule has 1 aliphatic rings. The minimum absolute atomic E-state index is 0.000602. The molecular weight excluding hydrogens is 166 g/mol. The van der Waals surface area contributed by atoms with E-state index in [0.717, 1.165) is 17.7 Å². The van der Waals surface area contributed by atoms with Crippen molar-refractivity contribution in [1.29, 1.82) is 0 Å². The van der Waals surface area contributed by atoms with E-state index < -0.39 is 0 Å². The zero-order valence-electron chi connectivity index (χ0n) is 7.58. The summed E-state index contributed by atoms with van der Waals surface area (Å²) >= 11 is 0. The van der Waals surface area contributed by atoms with E-state index >= 15 is 0 Å². The molecule has 4 heteroatoms. The Morgan fingerprint density at radius 2 is 2.31 bits per heavy atom. The van der Waals surface area contributed by atoms with Crippen LogP contribution >= 0.6 is 0 Å². The Bertz CT molecular complexity index is 299. The lowest BCUT2D eigenvalue weighted by atomic mass is 10.1. The minimum atomic E-state index is -0.000602. The fourth-order valence-corrected chi connectivity index (χ4v) is 1.23. The highest BCUT2D eigenvalue weighted by atomic mass is 16.1. The molecule has 0 aromatic carbocycles. The van der Waals surface area contributed by atoms with Gasteiger partial charge in [0.05, 0.1) is 11.3 Å². The van der Waals surface area contributed by atoms with Gasteiger partial charge < -0.3 is 11.1 Å². The summed E-state index contributed by atoms with van der Waals surface area (Å²) in [6, 6.07) is 3.58. The van der Waals surface area contributed by atoms with Crippen molar-refractivity contribution in [2.45, 2.75) is 6.42 Å². The molecule has 3 N–H and O–H groups in total. The zero-order valence-corrected chi connectivity index (χ0v) is 7.58.